The zero-order valence-corrected chi connectivity index (χ0v) is 23.7. The second-order valence-corrected chi connectivity index (χ2v) is 10.2. The molecule has 1 aliphatic rings. The fourth-order valence-corrected chi connectivity index (χ4v) is 5.80. The van der Waals surface area contributed by atoms with Crippen molar-refractivity contribution < 1.29 is 29.0 Å². The van der Waals surface area contributed by atoms with E-state index in [1.54, 1.807) is 54.6 Å². The van der Waals surface area contributed by atoms with Gasteiger partial charge in [-0.05, 0) is 72.3 Å². The van der Waals surface area contributed by atoms with Crippen LogP contribution in [0.5, 0.6) is 17.2 Å². The van der Waals surface area contributed by atoms with E-state index >= 15 is 0 Å². The van der Waals surface area contributed by atoms with Gasteiger partial charge in [0.2, 0.25) is 5.75 Å². The minimum absolute atomic E-state index is 0.125. The van der Waals surface area contributed by atoms with Gasteiger partial charge in [-0.25, -0.2) is 9.79 Å². The molecule has 2 aromatic carbocycles. The van der Waals surface area contributed by atoms with Crippen molar-refractivity contribution >= 4 is 51.7 Å². The second kappa shape index (κ2) is 10.9. The number of hydrogen-bond donors (Lipinski definition) is 1. The minimum Gasteiger partial charge on any atom is -0.501 e. The van der Waals surface area contributed by atoms with Gasteiger partial charge in [0.25, 0.3) is 5.56 Å². The molecular weight excluding hydrogens is 629 g/mol. The van der Waals surface area contributed by atoms with Crippen LogP contribution in [0.4, 0.5) is 5.69 Å². The van der Waals surface area contributed by atoms with Crippen LogP contribution in [-0.2, 0) is 9.53 Å². The van der Waals surface area contributed by atoms with Gasteiger partial charge in [-0.3, -0.25) is 19.5 Å². The highest BCUT2D eigenvalue weighted by Crippen LogP contribution is 2.38. The number of rotatable bonds is 7. The van der Waals surface area contributed by atoms with Crippen molar-refractivity contribution in [2.45, 2.75) is 19.9 Å². The molecule has 0 aliphatic carbocycles. The zero-order chi connectivity index (χ0) is 27.7. The van der Waals surface area contributed by atoms with Gasteiger partial charge in [-0.1, -0.05) is 11.3 Å². The molecule has 198 valence electrons. The number of nitrogens with zero attached hydrogens (tertiary/aromatic N) is 3. The number of thiazole rings is 1. The summed E-state index contributed by atoms with van der Waals surface area (Å²) in [4.78, 5) is 42.5. The van der Waals surface area contributed by atoms with E-state index in [4.69, 9.17) is 14.2 Å². The van der Waals surface area contributed by atoms with Crippen LogP contribution in [0.15, 0.2) is 51.4 Å². The Morgan fingerprint density at radius 2 is 2.03 bits per heavy atom. The summed E-state index contributed by atoms with van der Waals surface area (Å²) < 4.78 is 18.1. The van der Waals surface area contributed by atoms with E-state index in [2.05, 4.69) is 4.99 Å². The SMILES string of the molecule is CCOC(=O)C1=C(C)N=c2s/c(=C\c3cc(I)c(O)c([N+](=O)[O-])c3)c(=O)n2[C@H]1c1cc(OC)ccc1OC. The Morgan fingerprint density at radius 3 is 2.66 bits per heavy atom. The van der Waals surface area contributed by atoms with E-state index in [0.29, 0.717) is 33.1 Å². The van der Waals surface area contributed by atoms with Crippen molar-refractivity contribution in [3.05, 3.63) is 86.1 Å². The molecule has 1 N–H and O–H groups in total. The number of ether oxygens (including phenoxy) is 3. The standard InChI is InChI=1S/C25H22IN3O8S/c1-5-37-24(32)20-12(2)27-25-28(21(20)15-11-14(35-3)6-7-18(15)36-4)23(31)19(38-25)10-13-8-16(26)22(30)17(9-13)29(33)34/h6-11,21,30H,5H2,1-4H3/b19-10-/t21-/m0/s1. The third-order valence-electron chi connectivity index (χ3n) is 5.81. The Kier molecular flexibility index (Phi) is 7.87. The Morgan fingerprint density at radius 1 is 1.29 bits per heavy atom. The Hall–Kier alpha value is -3.72. The van der Waals surface area contributed by atoms with E-state index in [1.807, 2.05) is 0 Å². The fraction of sp³-hybridized carbons (Fsp3) is 0.240. The van der Waals surface area contributed by atoms with Crippen LogP contribution in [0, 0.1) is 13.7 Å². The van der Waals surface area contributed by atoms with Gasteiger partial charge in [-0.2, -0.15) is 0 Å². The van der Waals surface area contributed by atoms with Gasteiger partial charge in [0.1, 0.15) is 17.5 Å². The van der Waals surface area contributed by atoms with Crippen LogP contribution in [-0.4, -0.2) is 41.4 Å². The van der Waals surface area contributed by atoms with Gasteiger partial charge in [0.15, 0.2) is 4.80 Å². The molecule has 0 unspecified atom stereocenters. The number of aromatic hydroxyl groups is 1. The van der Waals surface area contributed by atoms with Crippen LogP contribution in [0.1, 0.15) is 31.0 Å². The van der Waals surface area contributed by atoms with Gasteiger partial charge in [-0.15, -0.1) is 0 Å². The summed E-state index contributed by atoms with van der Waals surface area (Å²) in [5, 5.41) is 21.4. The number of carbonyl (C=O) groups is 1. The summed E-state index contributed by atoms with van der Waals surface area (Å²) in [6.45, 7) is 3.47. The average molecular weight is 651 g/mol. The number of methoxy groups -OCH3 is 2. The molecule has 0 spiro atoms. The number of nitro benzene ring substituents is 1. The van der Waals surface area contributed by atoms with E-state index in [0.717, 1.165) is 11.3 Å². The molecule has 4 rings (SSSR count). The zero-order valence-electron chi connectivity index (χ0n) is 20.7. The molecule has 1 aromatic heterocycles. The van der Waals surface area contributed by atoms with Crippen LogP contribution in [0.2, 0.25) is 0 Å². The Labute approximate surface area is 233 Å². The number of allylic oxidation sites excluding steroid dienone is 1. The van der Waals surface area contributed by atoms with E-state index < -0.39 is 33.9 Å². The maximum Gasteiger partial charge on any atom is 0.338 e. The predicted octanol–water partition coefficient (Wildman–Crippen LogP) is 3.03. The number of phenolic OH excluding ortho intramolecular Hbond substituents is 1. The summed E-state index contributed by atoms with van der Waals surface area (Å²) >= 11 is 2.85. The third kappa shape index (κ3) is 4.90. The van der Waals surface area contributed by atoms with Crippen molar-refractivity contribution in [2.24, 2.45) is 4.99 Å². The molecule has 0 radical (unpaired) electrons. The number of carbonyl (C=O) groups excluding carboxylic acids is 1. The first-order chi connectivity index (χ1) is 18.1. The van der Waals surface area contributed by atoms with Crippen molar-refractivity contribution in [3.63, 3.8) is 0 Å². The fourth-order valence-electron chi connectivity index (χ4n) is 4.12. The molecule has 0 saturated carbocycles. The lowest BCUT2D eigenvalue weighted by Gasteiger charge is -2.26. The highest BCUT2D eigenvalue weighted by Gasteiger charge is 2.35. The van der Waals surface area contributed by atoms with Crippen molar-refractivity contribution in [1.82, 2.24) is 4.57 Å². The number of benzene rings is 2. The molecule has 2 heterocycles. The van der Waals surface area contributed by atoms with Crippen molar-refractivity contribution in [3.8, 4) is 17.2 Å². The number of hydrogen-bond acceptors (Lipinski definition) is 10. The average Bonchev–Trinajstić information content (AvgIpc) is 3.18. The third-order valence-corrected chi connectivity index (χ3v) is 7.61. The second-order valence-electron chi connectivity index (χ2n) is 8.04. The molecule has 0 amide bonds. The van der Waals surface area contributed by atoms with Gasteiger partial charge < -0.3 is 19.3 Å². The smallest absolute Gasteiger partial charge is 0.338 e. The van der Waals surface area contributed by atoms with Crippen LogP contribution >= 0.6 is 33.9 Å². The molecule has 11 nitrogen and oxygen atoms in total. The molecule has 13 heteroatoms. The monoisotopic (exact) mass is 651 g/mol. The molecular formula is C25H22IN3O8S. The lowest BCUT2D eigenvalue weighted by molar-refractivity contribution is -0.386. The summed E-state index contributed by atoms with van der Waals surface area (Å²) in [6.07, 6.45) is 1.49. The highest BCUT2D eigenvalue weighted by molar-refractivity contribution is 14.1. The number of halogens is 1. The first kappa shape index (κ1) is 27.3. The molecule has 38 heavy (non-hydrogen) atoms. The maximum atomic E-state index is 13.8. The van der Waals surface area contributed by atoms with Gasteiger partial charge >= 0.3 is 11.7 Å². The van der Waals surface area contributed by atoms with E-state index in [-0.39, 0.29) is 20.3 Å². The summed E-state index contributed by atoms with van der Waals surface area (Å²) in [7, 11) is 2.98. The Bertz CT molecular complexity index is 1670. The van der Waals surface area contributed by atoms with Crippen LogP contribution < -0.4 is 24.4 Å². The quantitative estimate of drug-likeness (QED) is 0.178. The topological polar surface area (TPSA) is 142 Å². The number of phenols is 1. The lowest BCUT2D eigenvalue weighted by Crippen LogP contribution is -2.40. The van der Waals surface area contributed by atoms with Gasteiger partial charge in [0, 0.05) is 11.6 Å². The largest absolute Gasteiger partial charge is 0.501 e. The number of aromatic nitrogens is 1. The molecule has 1 atom stereocenters. The molecule has 0 saturated heterocycles. The van der Waals surface area contributed by atoms with E-state index in [9.17, 15) is 24.8 Å². The maximum absolute atomic E-state index is 13.8. The first-order valence-corrected chi connectivity index (χ1v) is 13.1. The minimum atomic E-state index is -0.938. The molecule has 1 aliphatic heterocycles. The predicted molar refractivity (Wildman–Crippen MR) is 147 cm³/mol. The number of fused-ring (bicyclic) bond motifs is 1. The molecule has 0 fully saturated rings. The van der Waals surface area contributed by atoms with E-state index in [1.165, 1.54) is 37.0 Å². The van der Waals surface area contributed by atoms with Crippen molar-refractivity contribution in [1.29, 1.82) is 0 Å². The highest BCUT2D eigenvalue weighted by atomic mass is 127. The van der Waals surface area contributed by atoms with Crippen LogP contribution in [0.3, 0.4) is 0 Å². The number of esters is 1. The number of nitro groups is 1. The normalized spacial score (nSPS) is 15.1. The Balaban J connectivity index is 2.02. The van der Waals surface area contributed by atoms with Gasteiger partial charge in [0.05, 0.1) is 45.1 Å². The van der Waals surface area contributed by atoms with Crippen molar-refractivity contribution in [2.75, 3.05) is 20.8 Å². The first-order valence-electron chi connectivity index (χ1n) is 11.2. The molecule has 0 bridgehead atoms. The summed E-state index contributed by atoms with van der Waals surface area (Å²) in [5.41, 5.74) is 0.444. The van der Waals surface area contributed by atoms with Crippen LogP contribution in [0.25, 0.3) is 6.08 Å². The summed E-state index contributed by atoms with van der Waals surface area (Å²) in [6, 6.07) is 6.84. The molecule has 3 aromatic rings. The summed E-state index contributed by atoms with van der Waals surface area (Å²) in [5.74, 6) is -0.159. The lowest BCUT2D eigenvalue weighted by atomic mass is 9.94.